The summed E-state index contributed by atoms with van der Waals surface area (Å²) in [7, 11) is 0. The fourth-order valence-corrected chi connectivity index (χ4v) is 2.11. The summed E-state index contributed by atoms with van der Waals surface area (Å²) in [5, 5.41) is 9.39. The third kappa shape index (κ3) is 3.97. The molecule has 0 heterocycles. The van der Waals surface area contributed by atoms with Crippen LogP contribution in [0.5, 0.6) is 0 Å². The normalized spacial score (nSPS) is 12.8. The molecule has 1 aromatic rings. The molecule has 0 aliphatic carbocycles. The molecule has 5 heteroatoms. The number of carboxylic acids is 1. The predicted octanol–water partition coefficient (Wildman–Crippen LogP) is 4.02. The highest BCUT2D eigenvalue weighted by molar-refractivity contribution is 6.31. The number of carbonyl (C=O) groups is 2. The van der Waals surface area contributed by atoms with E-state index in [1.165, 1.54) is 18.2 Å². The Balaban J connectivity index is 3.07. The average molecular weight is 299 g/mol. The lowest BCUT2D eigenvalue weighted by Gasteiger charge is -2.29. The minimum atomic E-state index is -1.21. The van der Waals surface area contributed by atoms with Gasteiger partial charge < -0.3 is 9.84 Å². The molecule has 1 aromatic carbocycles. The van der Waals surface area contributed by atoms with Gasteiger partial charge in [-0.3, -0.25) is 0 Å². The largest absolute Gasteiger partial charge is 0.478 e. The molecule has 1 atom stereocenters. The molecule has 0 saturated heterocycles. The Kier molecular flexibility index (Phi) is 5.17. The van der Waals surface area contributed by atoms with E-state index in [1.807, 2.05) is 27.7 Å². The molecule has 20 heavy (non-hydrogen) atoms. The second-order valence-corrected chi connectivity index (χ2v) is 6.10. The van der Waals surface area contributed by atoms with Gasteiger partial charge in [-0.1, -0.05) is 39.3 Å². The van der Waals surface area contributed by atoms with Crippen LogP contribution in [0.25, 0.3) is 0 Å². The van der Waals surface area contributed by atoms with Crippen molar-refractivity contribution in [3.05, 3.63) is 34.3 Å². The van der Waals surface area contributed by atoms with Gasteiger partial charge in [0.2, 0.25) is 0 Å². The van der Waals surface area contributed by atoms with Crippen molar-refractivity contribution in [3.8, 4) is 0 Å². The molecule has 0 amide bonds. The van der Waals surface area contributed by atoms with Crippen molar-refractivity contribution in [2.24, 2.45) is 5.41 Å². The molecular formula is C15H19ClO4. The molecule has 0 bridgehead atoms. The van der Waals surface area contributed by atoms with E-state index >= 15 is 0 Å². The highest BCUT2D eigenvalue weighted by atomic mass is 35.5. The molecule has 1 unspecified atom stereocenters. The van der Waals surface area contributed by atoms with Crippen molar-refractivity contribution in [2.75, 3.05) is 0 Å². The summed E-state index contributed by atoms with van der Waals surface area (Å²) in [6.07, 6.45) is 0.373. The standard InChI is InChI=1S/C15H19ClO4/c1-5-12(15(2,3)4)20-14(19)10-7-6-9(16)8-11(10)13(17)18/h6-8,12H,5H2,1-4H3,(H,17,18). The third-order valence-electron chi connectivity index (χ3n) is 3.02. The van der Waals surface area contributed by atoms with Crippen LogP contribution in [0.2, 0.25) is 5.02 Å². The molecule has 0 aromatic heterocycles. The molecule has 0 aliphatic rings. The van der Waals surface area contributed by atoms with Gasteiger partial charge in [-0.15, -0.1) is 0 Å². The van der Waals surface area contributed by atoms with Gasteiger partial charge in [0.1, 0.15) is 6.10 Å². The number of benzene rings is 1. The average Bonchev–Trinajstić information content (AvgIpc) is 2.33. The lowest BCUT2D eigenvalue weighted by molar-refractivity contribution is -0.00427. The number of carbonyl (C=O) groups excluding carboxylic acids is 1. The number of ether oxygens (including phenoxy) is 1. The lowest BCUT2D eigenvalue weighted by Crippen LogP contribution is -2.31. The van der Waals surface area contributed by atoms with E-state index < -0.39 is 11.9 Å². The van der Waals surface area contributed by atoms with E-state index in [9.17, 15) is 9.59 Å². The quantitative estimate of drug-likeness (QED) is 0.853. The predicted molar refractivity (Wildman–Crippen MR) is 77.4 cm³/mol. The second-order valence-electron chi connectivity index (χ2n) is 5.66. The monoisotopic (exact) mass is 298 g/mol. The van der Waals surface area contributed by atoms with Crippen LogP contribution in [0.4, 0.5) is 0 Å². The fourth-order valence-electron chi connectivity index (χ4n) is 1.94. The van der Waals surface area contributed by atoms with E-state index in [-0.39, 0.29) is 27.7 Å². The molecule has 1 rings (SSSR count). The van der Waals surface area contributed by atoms with Crippen LogP contribution >= 0.6 is 11.6 Å². The third-order valence-corrected chi connectivity index (χ3v) is 3.25. The highest BCUT2D eigenvalue weighted by Gasteiger charge is 2.28. The molecular weight excluding hydrogens is 280 g/mol. The Hall–Kier alpha value is -1.55. The zero-order chi connectivity index (χ0) is 15.5. The van der Waals surface area contributed by atoms with Crippen molar-refractivity contribution >= 4 is 23.5 Å². The van der Waals surface area contributed by atoms with Crippen LogP contribution in [0.15, 0.2) is 18.2 Å². The summed E-state index contributed by atoms with van der Waals surface area (Å²) in [4.78, 5) is 23.3. The molecule has 110 valence electrons. The van der Waals surface area contributed by atoms with E-state index in [0.29, 0.717) is 6.42 Å². The van der Waals surface area contributed by atoms with E-state index in [4.69, 9.17) is 21.4 Å². The Bertz CT molecular complexity index is 517. The van der Waals surface area contributed by atoms with Gasteiger partial charge in [-0.05, 0) is 30.0 Å². The van der Waals surface area contributed by atoms with E-state index in [2.05, 4.69) is 0 Å². The van der Waals surface area contributed by atoms with Crippen LogP contribution < -0.4 is 0 Å². The zero-order valence-electron chi connectivity index (χ0n) is 12.1. The first-order valence-corrected chi connectivity index (χ1v) is 6.78. The fraction of sp³-hybridized carbons (Fsp3) is 0.467. The first-order valence-electron chi connectivity index (χ1n) is 6.40. The molecule has 4 nitrogen and oxygen atoms in total. The van der Waals surface area contributed by atoms with Crippen molar-refractivity contribution in [1.29, 1.82) is 0 Å². The van der Waals surface area contributed by atoms with Gasteiger partial charge in [-0.2, -0.15) is 0 Å². The number of esters is 1. The molecule has 0 aliphatic heterocycles. The summed E-state index contributed by atoms with van der Waals surface area (Å²) < 4.78 is 5.44. The number of hydrogen-bond acceptors (Lipinski definition) is 3. The van der Waals surface area contributed by atoms with Crippen LogP contribution in [-0.2, 0) is 4.74 Å². The molecule has 0 radical (unpaired) electrons. The zero-order valence-corrected chi connectivity index (χ0v) is 12.8. The topological polar surface area (TPSA) is 63.6 Å². The number of rotatable bonds is 4. The summed E-state index contributed by atoms with van der Waals surface area (Å²) in [5.41, 5.74) is -0.337. The Labute approximate surface area is 123 Å². The van der Waals surface area contributed by atoms with Gasteiger partial charge >= 0.3 is 11.9 Å². The highest BCUT2D eigenvalue weighted by Crippen LogP contribution is 2.26. The van der Waals surface area contributed by atoms with Gasteiger partial charge in [0.05, 0.1) is 11.1 Å². The number of hydrogen-bond donors (Lipinski definition) is 1. The number of aromatic carboxylic acids is 1. The molecule has 0 saturated carbocycles. The SMILES string of the molecule is CCC(OC(=O)c1ccc(Cl)cc1C(=O)O)C(C)(C)C. The number of carboxylic acid groups (broad SMARTS) is 1. The maximum atomic E-state index is 12.2. The first kappa shape index (κ1) is 16.5. The van der Waals surface area contributed by atoms with Crippen molar-refractivity contribution in [3.63, 3.8) is 0 Å². The van der Waals surface area contributed by atoms with Gasteiger partial charge in [0, 0.05) is 5.02 Å². The molecule has 1 N–H and O–H groups in total. The minimum Gasteiger partial charge on any atom is -0.478 e. The summed E-state index contributed by atoms with van der Waals surface area (Å²) in [6.45, 7) is 7.82. The van der Waals surface area contributed by atoms with Crippen molar-refractivity contribution in [1.82, 2.24) is 0 Å². The Morgan fingerprint density at radius 1 is 1.30 bits per heavy atom. The van der Waals surface area contributed by atoms with Crippen molar-refractivity contribution in [2.45, 2.75) is 40.2 Å². The van der Waals surface area contributed by atoms with Crippen LogP contribution in [0, 0.1) is 5.41 Å². The van der Waals surface area contributed by atoms with Crippen LogP contribution in [0.1, 0.15) is 54.8 Å². The van der Waals surface area contributed by atoms with Crippen LogP contribution in [0.3, 0.4) is 0 Å². The lowest BCUT2D eigenvalue weighted by atomic mass is 9.87. The van der Waals surface area contributed by atoms with Gasteiger partial charge in [0.25, 0.3) is 0 Å². The second kappa shape index (κ2) is 6.27. The summed E-state index contributed by atoms with van der Waals surface area (Å²) in [6, 6.07) is 4.10. The smallest absolute Gasteiger partial charge is 0.339 e. The Morgan fingerprint density at radius 3 is 2.35 bits per heavy atom. The van der Waals surface area contributed by atoms with E-state index in [0.717, 1.165) is 0 Å². The first-order chi connectivity index (χ1) is 9.16. The molecule has 0 fully saturated rings. The Morgan fingerprint density at radius 2 is 1.90 bits per heavy atom. The van der Waals surface area contributed by atoms with Crippen molar-refractivity contribution < 1.29 is 19.4 Å². The molecule has 0 spiro atoms. The maximum absolute atomic E-state index is 12.2. The summed E-state index contributed by atoms with van der Waals surface area (Å²) in [5.74, 6) is -1.84. The maximum Gasteiger partial charge on any atom is 0.339 e. The summed E-state index contributed by atoms with van der Waals surface area (Å²) >= 11 is 5.76. The van der Waals surface area contributed by atoms with Gasteiger partial charge in [0.15, 0.2) is 0 Å². The van der Waals surface area contributed by atoms with Gasteiger partial charge in [-0.25, -0.2) is 9.59 Å². The van der Waals surface area contributed by atoms with Crippen LogP contribution in [-0.4, -0.2) is 23.1 Å². The minimum absolute atomic E-state index is 0.0181. The number of halogens is 1. The van der Waals surface area contributed by atoms with E-state index in [1.54, 1.807) is 0 Å².